The summed E-state index contributed by atoms with van der Waals surface area (Å²) >= 11 is 0.00987. The fourth-order valence-electron chi connectivity index (χ4n) is 2.10. The molecule has 1 N–H and O–H groups in total. The average Bonchev–Trinajstić information content (AvgIpc) is 2.95. The Morgan fingerprint density at radius 1 is 1.10 bits per heavy atom. The van der Waals surface area contributed by atoms with Crippen molar-refractivity contribution in [2.45, 2.75) is 26.5 Å². The number of nitrogens with zero attached hydrogens (tertiary/aromatic N) is 2. The first-order chi connectivity index (χ1) is 10.2. The molecule has 0 aliphatic heterocycles. The first-order valence-corrected chi connectivity index (χ1v) is 8.46. The second-order valence-corrected chi connectivity index (χ2v) is 6.21. The Morgan fingerprint density at radius 3 is 2.67 bits per heavy atom. The van der Waals surface area contributed by atoms with Crippen LogP contribution >= 0.6 is 0 Å². The van der Waals surface area contributed by atoms with Gasteiger partial charge in [0.25, 0.3) is 0 Å². The summed E-state index contributed by atoms with van der Waals surface area (Å²) in [6.07, 6.45) is 0.202. The van der Waals surface area contributed by atoms with Gasteiger partial charge in [0.2, 0.25) is 0 Å². The summed E-state index contributed by atoms with van der Waals surface area (Å²) in [5.74, 6) is 0.908. The van der Waals surface area contributed by atoms with Crippen molar-refractivity contribution in [3.05, 3.63) is 48.0 Å². The van der Waals surface area contributed by atoms with Crippen molar-refractivity contribution in [3.8, 4) is 5.75 Å². The third kappa shape index (κ3) is 3.43. The molecule has 3 aromatic rings. The third-order valence-corrected chi connectivity index (χ3v) is 4.20. The molecular formula is C16H17N3OSe. The van der Waals surface area contributed by atoms with Gasteiger partial charge in [-0.05, 0) is 0 Å². The zero-order chi connectivity index (χ0) is 14.7. The summed E-state index contributed by atoms with van der Waals surface area (Å²) in [6, 6.07) is 14.3. The van der Waals surface area contributed by atoms with E-state index in [4.69, 9.17) is 4.74 Å². The van der Waals surface area contributed by atoms with Crippen molar-refractivity contribution in [1.82, 2.24) is 7.96 Å². The predicted molar refractivity (Wildman–Crippen MR) is 86.0 cm³/mol. The maximum absolute atomic E-state index is 5.65. The van der Waals surface area contributed by atoms with Crippen molar-refractivity contribution < 1.29 is 4.74 Å². The van der Waals surface area contributed by atoms with Gasteiger partial charge in [-0.1, -0.05) is 0 Å². The standard InChI is InChI=1S/C16H17N3OSe/c1-11(2)20-13-8-6-12(7-9-13)10-17-14-4-3-5-15-16(14)19-21-18-15/h3-9,11,17H,10H2,1-2H3. The van der Waals surface area contributed by atoms with Gasteiger partial charge in [-0.3, -0.25) is 0 Å². The Kier molecular flexibility index (Phi) is 4.23. The quantitative estimate of drug-likeness (QED) is 0.722. The molecule has 2 aromatic carbocycles. The predicted octanol–water partition coefficient (Wildman–Crippen LogP) is 3.09. The minimum absolute atomic E-state index is 0.00987. The minimum atomic E-state index is 0.00987. The molecule has 0 spiro atoms. The molecule has 1 aromatic heterocycles. The van der Waals surface area contributed by atoms with Gasteiger partial charge >= 0.3 is 130 Å². The van der Waals surface area contributed by atoms with Crippen molar-refractivity contribution in [2.24, 2.45) is 0 Å². The van der Waals surface area contributed by atoms with Gasteiger partial charge in [0.15, 0.2) is 0 Å². The van der Waals surface area contributed by atoms with Crippen LogP contribution in [0.4, 0.5) is 5.69 Å². The molecule has 0 saturated heterocycles. The molecule has 0 aliphatic rings. The van der Waals surface area contributed by atoms with Crippen LogP contribution in [0.2, 0.25) is 0 Å². The van der Waals surface area contributed by atoms with Gasteiger partial charge in [-0.15, -0.1) is 0 Å². The van der Waals surface area contributed by atoms with E-state index in [1.54, 1.807) is 0 Å². The van der Waals surface area contributed by atoms with Crippen molar-refractivity contribution in [2.75, 3.05) is 5.32 Å². The van der Waals surface area contributed by atoms with E-state index in [0.29, 0.717) is 0 Å². The first kappa shape index (κ1) is 14.1. The maximum atomic E-state index is 5.65. The molecule has 1 heterocycles. The third-order valence-electron chi connectivity index (χ3n) is 3.06. The van der Waals surface area contributed by atoms with Crippen LogP contribution in [0.5, 0.6) is 5.75 Å². The molecule has 21 heavy (non-hydrogen) atoms. The Bertz CT molecular complexity index is 722. The fraction of sp³-hybridized carbons (Fsp3) is 0.250. The summed E-state index contributed by atoms with van der Waals surface area (Å²) in [5, 5.41) is 3.44. The molecule has 4 nitrogen and oxygen atoms in total. The molecule has 0 atom stereocenters. The SMILES string of the molecule is CC(C)Oc1ccc(CNc2cccc3n[se]nc23)cc1. The van der Waals surface area contributed by atoms with Crippen molar-refractivity contribution in [3.63, 3.8) is 0 Å². The second kappa shape index (κ2) is 6.29. The van der Waals surface area contributed by atoms with Gasteiger partial charge < -0.3 is 0 Å². The van der Waals surface area contributed by atoms with E-state index in [9.17, 15) is 0 Å². The van der Waals surface area contributed by atoms with Crippen LogP contribution in [-0.2, 0) is 6.54 Å². The van der Waals surface area contributed by atoms with Crippen LogP contribution in [0, 0.1) is 0 Å². The number of fused-ring (bicyclic) bond motifs is 1. The number of hydrogen-bond donors (Lipinski definition) is 1. The Labute approximate surface area is 130 Å². The molecule has 0 amide bonds. The summed E-state index contributed by atoms with van der Waals surface area (Å²) in [6.45, 7) is 4.82. The molecule has 0 bridgehead atoms. The summed E-state index contributed by atoms with van der Waals surface area (Å²) in [4.78, 5) is 0. The van der Waals surface area contributed by atoms with Crippen LogP contribution in [0.1, 0.15) is 19.4 Å². The number of nitrogens with one attached hydrogen (secondary N) is 1. The van der Waals surface area contributed by atoms with Crippen LogP contribution in [0.3, 0.4) is 0 Å². The van der Waals surface area contributed by atoms with E-state index in [-0.39, 0.29) is 21.1 Å². The van der Waals surface area contributed by atoms with E-state index in [0.717, 1.165) is 29.0 Å². The first-order valence-electron chi connectivity index (χ1n) is 6.93. The van der Waals surface area contributed by atoms with Crippen LogP contribution in [-0.4, -0.2) is 29.0 Å². The summed E-state index contributed by atoms with van der Waals surface area (Å²) in [5.41, 5.74) is 4.26. The van der Waals surface area contributed by atoms with Crippen molar-refractivity contribution in [1.29, 1.82) is 0 Å². The van der Waals surface area contributed by atoms with E-state index in [1.165, 1.54) is 5.56 Å². The van der Waals surface area contributed by atoms with E-state index >= 15 is 0 Å². The molecule has 0 saturated carbocycles. The zero-order valence-corrected chi connectivity index (χ0v) is 13.7. The fourth-order valence-corrected chi connectivity index (χ4v) is 3.26. The number of rotatable bonds is 5. The zero-order valence-electron chi connectivity index (χ0n) is 12.0. The molecule has 0 fully saturated rings. The van der Waals surface area contributed by atoms with Gasteiger partial charge in [-0.25, -0.2) is 0 Å². The molecule has 3 rings (SSSR count). The topological polar surface area (TPSA) is 47.0 Å². The van der Waals surface area contributed by atoms with Gasteiger partial charge in [-0.2, -0.15) is 0 Å². The van der Waals surface area contributed by atoms with E-state index in [1.807, 2.05) is 38.1 Å². The molecule has 0 radical (unpaired) electrons. The second-order valence-electron chi connectivity index (χ2n) is 5.10. The average molecular weight is 346 g/mol. The van der Waals surface area contributed by atoms with Crippen LogP contribution < -0.4 is 10.1 Å². The number of anilines is 1. The van der Waals surface area contributed by atoms with Crippen LogP contribution in [0.15, 0.2) is 42.5 Å². The number of ether oxygens (including phenoxy) is 1. The van der Waals surface area contributed by atoms with Gasteiger partial charge in [0.1, 0.15) is 0 Å². The van der Waals surface area contributed by atoms with E-state index in [2.05, 4.69) is 31.5 Å². The normalized spacial score (nSPS) is 11.0. The molecule has 5 heteroatoms. The molecule has 0 aliphatic carbocycles. The molecular weight excluding hydrogens is 329 g/mol. The van der Waals surface area contributed by atoms with E-state index < -0.39 is 0 Å². The molecule has 0 unspecified atom stereocenters. The summed E-state index contributed by atoms with van der Waals surface area (Å²) in [7, 11) is 0. The van der Waals surface area contributed by atoms with Gasteiger partial charge in [0.05, 0.1) is 0 Å². The number of aromatic nitrogens is 2. The number of hydrogen-bond acceptors (Lipinski definition) is 4. The van der Waals surface area contributed by atoms with Crippen molar-refractivity contribution >= 4 is 31.7 Å². The van der Waals surface area contributed by atoms with Crippen LogP contribution in [0.25, 0.3) is 11.0 Å². The Hall–Kier alpha value is -1.84. The number of benzene rings is 2. The summed E-state index contributed by atoms with van der Waals surface area (Å²) < 4.78 is 14.5. The van der Waals surface area contributed by atoms with Gasteiger partial charge in [0, 0.05) is 0 Å². The Morgan fingerprint density at radius 2 is 1.90 bits per heavy atom. The Balaban J connectivity index is 1.68. The molecule has 108 valence electrons. The monoisotopic (exact) mass is 347 g/mol.